The second kappa shape index (κ2) is 10.3. The molecule has 156 valence electrons. The number of nitrogens with one attached hydrogen (secondary N) is 2. The molecule has 0 aliphatic carbocycles. The average molecular weight is 420 g/mol. The van der Waals surface area contributed by atoms with Gasteiger partial charge in [0.25, 0.3) is 0 Å². The number of aromatic nitrogens is 2. The van der Waals surface area contributed by atoms with E-state index in [4.69, 9.17) is 0 Å². The molecule has 2 aromatic carbocycles. The summed E-state index contributed by atoms with van der Waals surface area (Å²) in [5.74, 6) is 2.15. The van der Waals surface area contributed by atoms with Gasteiger partial charge in [0.2, 0.25) is 0 Å². The molecule has 30 heavy (non-hydrogen) atoms. The van der Waals surface area contributed by atoms with Crippen molar-refractivity contribution in [3.63, 3.8) is 0 Å². The SMILES string of the molecule is CN=C(NCc1ccccc1-c1ccc(Cn2ccnc2)cc1)NCC1CCCS1. The highest BCUT2D eigenvalue weighted by Crippen LogP contribution is 2.26. The number of rotatable bonds is 7. The zero-order valence-corrected chi connectivity index (χ0v) is 18.2. The lowest BCUT2D eigenvalue weighted by atomic mass is 9.98. The van der Waals surface area contributed by atoms with Crippen LogP contribution in [0.3, 0.4) is 0 Å². The lowest BCUT2D eigenvalue weighted by Gasteiger charge is -2.16. The third-order valence-corrected chi connectivity index (χ3v) is 6.80. The summed E-state index contributed by atoms with van der Waals surface area (Å²) < 4.78 is 2.08. The first-order chi connectivity index (χ1) is 14.8. The van der Waals surface area contributed by atoms with Gasteiger partial charge < -0.3 is 15.2 Å². The van der Waals surface area contributed by atoms with Crippen LogP contribution in [-0.4, -0.2) is 40.1 Å². The van der Waals surface area contributed by atoms with Crippen LogP contribution in [0, 0.1) is 0 Å². The Kier molecular flexibility index (Phi) is 7.08. The number of benzene rings is 2. The van der Waals surface area contributed by atoms with Gasteiger partial charge >= 0.3 is 0 Å². The summed E-state index contributed by atoms with van der Waals surface area (Å²) in [6, 6.07) is 17.4. The number of hydrogen-bond acceptors (Lipinski definition) is 3. The van der Waals surface area contributed by atoms with Gasteiger partial charge in [-0.25, -0.2) is 4.98 Å². The van der Waals surface area contributed by atoms with E-state index in [0.717, 1.165) is 25.6 Å². The molecule has 0 amide bonds. The first-order valence-electron chi connectivity index (χ1n) is 10.5. The van der Waals surface area contributed by atoms with Gasteiger partial charge in [-0.15, -0.1) is 0 Å². The van der Waals surface area contributed by atoms with E-state index in [1.807, 2.05) is 25.8 Å². The highest BCUT2D eigenvalue weighted by Gasteiger charge is 2.15. The van der Waals surface area contributed by atoms with Gasteiger partial charge in [-0.1, -0.05) is 48.5 Å². The molecule has 0 radical (unpaired) electrons. The summed E-state index contributed by atoms with van der Waals surface area (Å²) in [7, 11) is 1.84. The summed E-state index contributed by atoms with van der Waals surface area (Å²) in [5, 5.41) is 7.67. The molecule has 0 bridgehead atoms. The van der Waals surface area contributed by atoms with Crippen molar-refractivity contribution >= 4 is 17.7 Å². The van der Waals surface area contributed by atoms with Crippen LogP contribution in [0.5, 0.6) is 0 Å². The molecule has 1 atom stereocenters. The number of hydrogen-bond donors (Lipinski definition) is 2. The maximum absolute atomic E-state index is 4.39. The van der Waals surface area contributed by atoms with Gasteiger partial charge in [0.15, 0.2) is 5.96 Å². The van der Waals surface area contributed by atoms with Crippen LogP contribution >= 0.6 is 11.8 Å². The fourth-order valence-electron chi connectivity index (χ4n) is 3.75. The summed E-state index contributed by atoms with van der Waals surface area (Å²) in [6.07, 6.45) is 8.28. The molecular weight excluding hydrogens is 390 g/mol. The number of thioether (sulfide) groups is 1. The predicted octanol–water partition coefficient (Wildman–Crippen LogP) is 4.16. The second-order valence-electron chi connectivity index (χ2n) is 7.53. The summed E-state index contributed by atoms with van der Waals surface area (Å²) in [4.78, 5) is 8.50. The van der Waals surface area contributed by atoms with Crippen molar-refractivity contribution < 1.29 is 0 Å². The Morgan fingerprint density at radius 1 is 1.17 bits per heavy atom. The molecule has 0 saturated carbocycles. The van der Waals surface area contributed by atoms with E-state index in [2.05, 4.69) is 85.5 Å². The van der Waals surface area contributed by atoms with E-state index in [1.165, 1.54) is 40.8 Å². The van der Waals surface area contributed by atoms with Crippen LogP contribution in [0.4, 0.5) is 0 Å². The number of aliphatic imine (C=N–C) groups is 1. The largest absolute Gasteiger partial charge is 0.355 e. The molecule has 2 heterocycles. The maximum Gasteiger partial charge on any atom is 0.191 e. The van der Waals surface area contributed by atoms with Gasteiger partial charge in [0.1, 0.15) is 0 Å². The molecule has 1 aliphatic rings. The van der Waals surface area contributed by atoms with Crippen LogP contribution in [0.2, 0.25) is 0 Å². The monoisotopic (exact) mass is 419 g/mol. The molecular formula is C24H29N5S. The first-order valence-corrected chi connectivity index (χ1v) is 11.6. The fourth-order valence-corrected chi connectivity index (χ4v) is 4.95. The maximum atomic E-state index is 4.39. The zero-order valence-electron chi connectivity index (χ0n) is 17.4. The van der Waals surface area contributed by atoms with Crippen LogP contribution in [0.1, 0.15) is 24.0 Å². The van der Waals surface area contributed by atoms with Gasteiger partial charge in [-0.05, 0) is 40.8 Å². The summed E-state index contributed by atoms with van der Waals surface area (Å²) in [6.45, 7) is 2.56. The molecule has 1 fully saturated rings. The average Bonchev–Trinajstić information content (AvgIpc) is 3.49. The summed E-state index contributed by atoms with van der Waals surface area (Å²) in [5.41, 5.74) is 5.01. The van der Waals surface area contributed by atoms with Gasteiger partial charge in [0.05, 0.1) is 6.33 Å². The van der Waals surface area contributed by atoms with Crippen LogP contribution < -0.4 is 10.6 Å². The van der Waals surface area contributed by atoms with Gasteiger partial charge in [-0.2, -0.15) is 11.8 Å². The smallest absolute Gasteiger partial charge is 0.191 e. The van der Waals surface area contributed by atoms with Crippen molar-refractivity contribution in [2.24, 2.45) is 4.99 Å². The molecule has 2 N–H and O–H groups in total. The first kappa shape index (κ1) is 20.5. The number of guanidine groups is 1. The Hall–Kier alpha value is -2.73. The molecule has 1 saturated heterocycles. The molecule has 4 rings (SSSR count). The normalized spacial score (nSPS) is 16.6. The summed E-state index contributed by atoms with van der Waals surface area (Å²) >= 11 is 2.06. The van der Waals surface area contributed by atoms with Crippen molar-refractivity contribution in [3.8, 4) is 11.1 Å². The zero-order chi connectivity index (χ0) is 20.6. The Bertz CT molecular complexity index is 944. The minimum atomic E-state index is 0.705. The third-order valence-electron chi connectivity index (χ3n) is 5.40. The molecule has 5 nitrogen and oxygen atoms in total. The Labute approximate surface area is 183 Å². The quantitative estimate of drug-likeness (QED) is 0.446. The number of nitrogens with zero attached hydrogens (tertiary/aromatic N) is 3. The molecule has 3 aromatic rings. The highest BCUT2D eigenvalue weighted by molar-refractivity contribution is 8.00. The molecule has 1 unspecified atom stereocenters. The molecule has 1 aromatic heterocycles. The van der Waals surface area contributed by atoms with E-state index in [1.54, 1.807) is 0 Å². The van der Waals surface area contributed by atoms with Gasteiger partial charge in [0, 0.05) is 44.3 Å². The molecule has 0 spiro atoms. The van der Waals surface area contributed by atoms with E-state index < -0.39 is 0 Å². The second-order valence-corrected chi connectivity index (χ2v) is 8.94. The third kappa shape index (κ3) is 5.45. The minimum absolute atomic E-state index is 0.705. The Balaban J connectivity index is 1.39. The van der Waals surface area contributed by atoms with E-state index in [0.29, 0.717) is 5.25 Å². The fraction of sp³-hybridized carbons (Fsp3) is 0.333. The van der Waals surface area contributed by atoms with E-state index in [-0.39, 0.29) is 0 Å². The van der Waals surface area contributed by atoms with Crippen molar-refractivity contribution in [3.05, 3.63) is 78.4 Å². The predicted molar refractivity (Wildman–Crippen MR) is 127 cm³/mol. The molecule has 6 heteroatoms. The standard InChI is InChI=1S/C24H29N5S/c1-25-24(28-16-22-6-4-14-30-22)27-15-21-5-2-3-7-23(21)20-10-8-19(9-11-20)17-29-13-12-26-18-29/h2-3,5,7-13,18,22H,4,6,14-17H2,1H3,(H2,25,27,28). The number of imidazole rings is 1. The van der Waals surface area contributed by atoms with E-state index >= 15 is 0 Å². The van der Waals surface area contributed by atoms with Crippen molar-refractivity contribution in [2.75, 3.05) is 19.3 Å². The van der Waals surface area contributed by atoms with Crippen molar-refractivity contribution in [2.45, 2.75) is 31.2 Å². The van der Waals surface area contributed by atoms with Gasteiger partial charge in [-0.3, -0.25) is 4.99 Å². The minimum Gasteiger partial charge on any atom is -0.355 e. The lowest BCUT2D eigenvalue weighted by molar-refractivity contribution is 0.726. The Morgan fingerprint density at radius 3 is 2.77 bits per heavy atom. The van der Waals surface area contributed by atoms with Crippen molar-refractivity contribution in [1.82, 2.24) is 20.2 Å². The highest BCUT2D eigenvalue weighted by atomic mass is 32.2. The lowest BCUT2D eigenvalue weighted by Crippen LogP contribution is -2.39. The van der Waals surface area contributed by atoms with Crippen LogP contribution in [-0.2, 0) is 13.1 Å². The topological polar surface area (TPSA) is 54.2 Å². The van der Waals surface area contributed by atoms with Crippen molar-refractivity contribution in [1.29, 1.82) is 0 Å². The van der Waals surface area contributed by atoms with Crippen LogP contribution in [0.25, 0.3) is 11.1 Å². The Morgan fingerprint density at radius 2 is 2.03 bits per heavy atom. The molecule has 1 aliphatic heterocycles. The van der Waals surface area contributed by atoms with Crippen LogP contribution in [0.15, 0.2) is 72.2 Å². The van der Waals surface area contributed by atoms with E-state index in [9.17, 15) is 0 Å².